The van der Waals surface area contributed by atoms with Crippen LogP contribution in [-0.4, -0.2) is 35.4 Å². The highest BCUT2D eigenvalue weighted by Crippen LogP contribution is 2.36. The average molecular weight is 317 g/mol. The summed E-state index contributed by atoms with van der Waals surface area (Å²) in [5.41, 5.74) is 0.922. The summed E-state index contributed by atoms with van der Waals surface area (Å²) in [5.74, 6) is 1.54. The van der Waals surface area contributed by atoms with Crippen LogP contribution >= 0.6 is 0 Å². The first-order valence-corrected chi connectivity index (χ1v) is 8.17. The van der Waals surface area contributed by atoms with E-state index in [0.717, 1.165) is 42.3 Å². The number of H-pyrrole nitrogens is 1. The molecule has 6 heteroatoms. The molecule has 2 N–H and O–H groups in total. The van der Waals surface area contributed by atoms with Crippen molar-refractivity contribution in [1.29, 1.82) is 0 Å². The Balaban J connectivity index is 1.72. The van der Waals surface area contributed by atoms with E-state index in [1.165, 1.54) is 0 Å². The third-order valence-electron chi connectivity index (χ3n) is 4.35. The lowest BCUT2D eigenvalue weighted by atomic mass is 9.92. The zero-order chi connectivity index (χ0) is 16.2. The summed E-state index contributed by atoms with van der Waals surface area (Å²) in [6.45, 7) is 1.87. The Hall–Kier alpha value is -2.24. The second-order valence-electron chi connectivity index (χ2n) is 5.95. The first-order valence-electron chi connectivity index (χ1n) is 8.17. The van der Waals surface area contributed by atoms with E-state index in [1.54, 1.807) is 13.3 Å². The van der Waals surface area contributed by atoms with E-state index in [4.69, 9.17) is 9.47 Å². The first-order chi connectivity index (χ1) is 11.2. The third kappa shape index (κ3) is 3.41. The zero-order valence-corrected chi connectivity index (χ0v) is 13.6. The molecule has 1 aromatic heterocycles. The summed E-state index contributed by atoms with van der Waals surface area (Å²) >= 11 is 0. The minimum atomic E-state index is 0.0872. The molecule has 1 aliphatic carbocycles. The van der Waals surface area contributed by atoms with Gasteiger partial charge in [-0.2, -0.15) is 5.10 Å². The van der Waals surface area contributed by atoms with E-state index < -0.39 is 0 Å². The second-order valence-corrected chi connectivity index (χ2v) is 5.95. The largest absolute Gasteiger partial charge is 0.492 e. The Morgan fingerprint density at radius 2 is 2.30 bits per heavy atom. The molecular weight excluding hydrogens is 294 g/mol. The highest BCUT2D eigenvalue weighted by molar-refractivity contribution is 5.87. The van der Waals surface area contributed by atoms with Gasteiger partial charge in [-0.05, 0) is 31.4 Å². The molecule has 0 spiro atoms. The fraction of sp³-hybridized carbons (Fsp3) is 0.529. The quantitative estimate of drug-likeness (QED) is 0.889. The minimum Gasteiger partial charge on any atom is -0.492 e. The van der Waals surface area contributed by atoms with Crippen molar-refractivity contribution in [1.82, 2.24) is 15.5 Å². The molecule has 1 heterocycles. The van der Waals surface area contributed by atoms with Crippen molar-refractivity contribution >= 4 is 16.8 Å². The van der Waals surface area contributed by atoms with Crippen molar-refractivity contribution in [3.63, 3.8) is 0 Å². The van der Waals surface area contributed by atoms with Gasteiger partial charge in [0.2, 0.25) is 5.91 Å². The van der Waals surface area contributed by atoms with Crippen molar-refractivity contribution < 1.29 is 14.3 Å². The van der Waals surface area contributed by atoms with Crippen LogP contribution in [0.4, 0.5) is 0 Å². The molecule has 0 saturated heterocycles. The molecule has 2 aromatic rings. The van der Waals surface area contributed by atoms with Crippen molar-refractivity contribution in [2.45, 2.75) is 51.2 Å². The van der Waals surface area contributed by atoms with Crippen LogP contribution in [0.25, 0.3) is 10.9 Å². The molecule has 6 nitrogen and oxygen atoms in total. The number of nitrogens with one attached hydrogen (secondary N) is 2. The normalized spacial score (nSPS) is 21.1. The number of hydrogen-bond donors (Lipinski definition) is 2. The Bertz CT molecular complexity index is 683. The lowest BCUT2D eigenvalue weighted by molar-refractivity contribution is -0.121. The van der Waals surface area contributed by atoms with Gasteiger partial charge in [-0.25, -0.2) is 0 Å². The van der Waals surface area contributed by atoms with Crippen LogP contribution in [-0.2, 0) is 4.79 Å². The van der Waals surface area contributed by atoms with Crippen molar-refractivity contribution in [3.8, 4) is 11.5 Å². The van der Waals surface area contributed by atoms with E-state index in [9.17, 15) is 4.79 Å². The van der Waals surface area contributed by atoms with Gasteiger partial charge in [-0.3, -0.25) is 9.89 Å². The summed E-state index contributed by atoms with van der Waals surface area (Å²) in [5, 5.41) is 11.0. The van der Waals surface area contributed by atoms with Crippen LogP contribution in [0, 0.1) is 0 Å². The number of ether oxygens (including phenoxy) is 2. The Morgan fingerprint density at radius 3 is 3.09 bits per heavy atom. The topological polar surface area (TPSA) is 76.2 Å². The van der Waals surface area contributed by atoms with Gasteiger partial charge in [-0.1, -0.05) is 6.92 Å². The van der Waals surface area contributed by atoms with Gasteiger partial charge < -0.3 is 14.8 Å². The molecule has 2 atom stereocenters. The standard InChI is InChI=1S/C17H23N3O3/c1-3-16(21)19-11-5-4-6-12(9-11)23-15-8-7-14-13(10-18-20-14)17(15)22-2/h7-8,10-12H,3-6,9H2,1-2H3,(H,18,20)(H,19,21)/t11-,12+/m1/s1. The highest BCUT2D eigenvalue weighted by Gasteiger charge is 2.25. The summed E-state index contributed by atoms with van der Waals surface area (Å²) in [4.78, 5) is 11.6. The van der Waals surface area contributed by atoms with Gasteiger partial charge in [0.1, 0.15) is 6.10 Å². The van der Waals surface area contributed by atoms with Gasteiger partial charge in [0.15, 0.2) is 11.5 Å². The lowest BCUT2D eigenvalue weighted by Crippen LogP contribution is -2.41. The smallest absolute Gasteiger partial charge is 0.219 e. The third-order valence-corrected chi connectivity index (χ3v) is 4.35. The summed E-state index contributed by atoms with van der Waals surface area (Å²) in [6, 6.07) is 4.05. The number of rotatable bonds is 5. The van der Waals surface area contributed by atoms with Crippen molar-refractivity contribution in [2.24, 2.45) is 0 Å². The van der Waals surface area contributed by atoms with Crippen LogP contribution in [0.2, 0.25) is 0 Å². The van der Waals surface area contributed by atoms with Crippen molar-refractivity contribution in [3.05, 3.63) is 18.3 Å². The predicted molar refractivity (Wildman–Crippen MR) is 87.8 cm³/mol. The molecule has 23 heavy (non-hydrogen) atoms. The second kappa shape index (κ2) is 6.89. The van der Waals surface area contributed by atoms with Crippen LogP contribution in [0.3, 0.4) is 0 Å². The lowest BCUT2D eigenvalue weighted by Gasteiger charge is -2.30. The molecule has 3 rings (SSSR count). The zero-order valence-electron chi connectivity index (χ0n) is 13.6. The van der Waals surface area contributed by atoms with E-state index in [2.05, 4.69) is 15.5 Å². The molecule has 124 valence electrons. The maximum atomic E-state index is 11.6. The fourth-order valence-corrected chi connectivity index (χ4v) is 3.17. The molecule has 1 saturated carbocycles. The minimum absolute atomic E-state index is 0.0872. The van der Waals surface area contributed by atoms with E-state index in [0.29, 0.717) is 12.2 Å². The highest BCUT2D eigenvalue weighted by atomic mass is 16.5. The van der Waals surface area contributed by atoms with Gasteiger partial charge in [0, 0.05) is 18.9 Å². The summed E-state index contributed by atoms with van der Waals surface area (Å²) in [6.07, 6.45) is 6.24. The van der Waals surface area contributed by atoms with Crippen LogP contribution < -0.4 is 14.8 Å². The van der Waals surface area contributed by atoms with Gasteiger partial charge in [-0.15, -0.1) is 0 Å². The number of nitrogens with zero attached hydrogens (tertiary/aromatic N) is 1. The number of benzene rings is 1. The number of carbonyl (C=O) groups is 1. The molecule has 1 aliphatic rings. The molecule has 1 fully saturated rings. The van der Waals surface area contributed by atoms with Crippen LogP contribution in [0.1, 0.15) is 39.0 Å². The monoisotopic (exact) mass is 317 g/mol. The SMILES string of the molecule is CCC(=O)N[C@@H]1CCC[C@H](Oc2ccc3[nH]ncc3c2OC)C1. The van der Waals surface area contributed by atoms with E-state index in [-0.39, 0.29) is 18.1 Å². The molecule has 0 bridgehead atoms. The van der Waals surface area contributed by atoms with Crippen LogP contribution in [0.15, 0.2) is 18.3 Å². The molecule has 0 unspecified atom stereocenters. The van der Waals surface area contributed by atoms with Crippen molar-refractivity contribution in [2.75, 3.05) is 7.11 Å². The molecular formula is C17H23N3O3. The summed E-state index contributed by atoms with van der Waals surface area (Å²) < 4.78 is 11.7. The number of fused-ring (bicyclic) bond motifs is 1. The first kappa shape index (κ1) is 15.6. The van der Waals surface area contributed by atoms with Crippen LogP contribution in [0.5, 0.6) is 11.5 Å². The number of aromatic amines is 1. The molecule has 1 aromatic carbocycles. The molecule has 0 radical (unpaired) electrons. The van der Waals surface area contributed by atoms with Gasteiger partial charge in [0.25, 0.3) is 0 Å². The maximum Gasteiger partial charge on any atom is 0.219 e. The molecule has 0 aliphatic heterocycles. The van der Waals surface area contributed by atoms with Gasteiger partial charge >= 0.3 is 0 Å². The number of amides is 1. The van der Waals surface area contributed by atoms with Gasteiger partial charge in [0.05, 0.1) is 24.2 Å². The van der Waals surface area contributed by atoms with E-state index >= 15 is 0 Å². The number of methoxy groups -OCH3 is 1. The Kier molecular flexibility index (Phi) is 4.69. The number of carbonyl (C=O) groups excluding carboxylic acids is 1. The number of aromatic nitrogens is 2. The maximum absolute atomic E-state index is 11.6. The molecule has 1 amide bonds. The summed E-state index contributed by atoms with van der Waals surface area (Å²) in [7, 11) is 1.64. The number of hydrogen-bond acceptors (Lipinski definition) is 4. The average Bonchev–Trinajstić information content (AvgIpc) is 3.03. The fourth-order valence-electron chi connectivity index (χ4n) is 3.17. The Labute approximate surface area is 135 Å². The van der Waals surface area contributed by atoms with E-state index in [1.807, 2.05) is 19.1 Å². The Morgan fingerprint density at radius 1 is 1.43 bits per heavy atom. The predicted octanol–water partition coefficient (Wildman–Crippen LogP) is 2.79.